The second-order valence-corrected chi connectivity index (χ2v) is 6.05. The van der Waals surface area contributed by atoms with Crippen molar-refractivity contribution in [1.82, 2.24) is 0 Å². The molecule has 0 amide bonds. The van der Waals surface area contributed by atoms with Crippen LogP contribution < -0.4 is 4.31 Å². The van der Waals surface area contributed by atoms with Crippen LogP contribution in [0.3, 0.4) is 0 Å². The largest absolute Gasteiger partial charge is 0.319 e. The Kier molecular flexibility index (Phi) is 4.31. The van der Waals surface area contributed by atoms with Crippen molar-refractivity contribution in [3.8, 4) is 0 Å². The van der Waals surface area contributed by atoms with E-state index in [1.807, 2.05) is 0 Å². The van der Waals surface area contributed by atoms with Gasteiger partial charge in [0.05, 0.1) is 5.69 Å². The van der Waals surface area contributed by atoms with Gasteiger partial charge in [-0.1, -0.05) is 51.8 Å². The number of hydrogen-bond acceptors (Lipinski definition) is 2. The van der Waals surface area contributed by atoms with Crippen molar-refractivity contribution < 1.29 is 0 Å². The Hall–Kier alpha value is -0.630. The van der Waals surface area contributed by atoms with Crippen LogP contribution in [0.2, 0.25) is 0 Å². The summed E-state index contributed by atoms with van der Waals surface area (Å²) in [6, 6.07) is 6.84. The van der Waals surface area contributed by atoms with Crippen LogP contribution in [0.25, 0.3) is 0 Å². The maximum absolute atomic E-state index is 2.32. The summed E-state index contributed by atoms with van der Waals surface area (Å²) >= 11 is 1.76. The molecule has 0 spiro atoms. The van der Waals surface area contributed by atoms with Gasteiger partial charge in [-0.2, -0.15) is 0 Å². The number of hydrogen-bond donors (Lipinski definition) is 0. The van der Waals surface area contributed by atoms with Crippen LogP contribution >= 0.6 is 11.9 Å². The normalized spacial score (nSPS) is 11.6. The second-order valence-electron chi connectivity index (χ2n) is 5.14. The molecule has 1 aromatic rings. The van der Waals surface area contributed by atoms with Gasteiger partial charge in [-0.25, -0.2) is 0 Å². The van der Waals surface area contributed by atoms with Crippen LogP contribution in [0.4, 0.5) is 5.69 Å². The fourth-order valence-electron chi connectivity index (χ4n) is 1.79. The minimum atomic E-state index is 0.200. The fraction of sp³-hybridized carbons (Fsp3) is 0.571. The molecule has 0 aliphatic carbocycles. The lowest BCUT2D eigenvalue weighted by molar-refractivity contribution is 0.591. The standard InChI is InChI=1S/C14H23NS/c1-7-11-8-9-12(14(2,3)4)13(10-11)15(5)16-6/h8-10H,7H2,1-6H3. The predicted molar refractivity (Wildman–Crippen MR) is 76.4 cm³/mol. The van der Waals surface area contributed by atoms with Crippen molar-refractivity contribution in [3.63, 3.8) is 0 Å². The molecule has 1 rings (SSSR count). The highest BCUT2D eigenvalue weighted by atomic mass is 32.2. The zero-order valence-electron chi connectivity index (χ0n) is 11.3. The summed E-state index contributed by atoms with van der Waals surface area (Å²) in [6.07, 6.45) is 3.21. The van der Waals surface area contributed by atoms with E-state index in [1.54, 1.807) is 11.9 Å². The van der Waals surface area contributed by atoms with E-state index in [1.165, 1.54) is 16.8 Å². The average Bonchev–Trinajstić information content (AvgIpc) is 2.25. The monoisotopic (exact) mass is 237 g/mol. The molecule has 1 aromatic carbocycles. The van der Waals surface area contributed by atoms with E-state index in [9.17, 15) is 0 Å². The van der Waals surface area contributed by atoms with Crippen LogP contribution in [0.5, 0.6) is 0 Å². The lowest BCUT2D eigenvalue weighted by atomic mass is 9.85. The van der Waals surface area contributed by atoms with Crippen LogP contribution in [0, 0.1) is 0 Å². The molecule has 0 bridgehead atoms. The topological polar surface area (TPSA) is 3.24 Å². The summed E-state index contributed by atoms with van der Waals surface area (Å²) in [5.74, 6) is 0. The molecule has 0 aliphatic heterocycles. The van der Waals surface area contributed by atoms with Crippen molar-refractivity contribution >= 4 is 17.6 Å². The number of rotatable bonds is 3. The second kappa shape index (κ2) is 5.13. The van der Waals surface area contributed by atoms with Crippen molar-refractivity contribution in [2.75, 3.05) is 17.6 Å². The Bertz CT molecular complexity index is 352. The third kappa shape index (κ3) is 2.94. The molecule has 1 nitrogen and oxygen atoms in total. The summed E-state index contributed by atoms with van der Waals surface area (Å²) in [5, 5.41) is 0. The molecule has 16 heavy (non-hydrogen) atoms. The molecule has 2 heteroatoms. The Balaban J connectivity index is 3.27. The van der Waals surface area contributed by atoms with E-state index in [0.717, 1.165) is 6.42 Å². The van der Waals surface area contributed by atoms with E-state index in [2.05, 4.69) is 63.5 Å². The summed E-state index contributed by atoms with van der Waals surface area (Å²) in [7, 11) is 2.13. The Morgan fingerprint density at radius 2 is 1.88 bits per heavy atom. The highest BCUT2D eigenvalue weighted by Gasteiger charge is 2.19. The molecule has 0 N–H and O–H groups in total. The highest BCUT2D eigenvalue weighted by molar-refractivity contribution is 7.99. The Labute approximate surface area is 104 Å². The van der Waals surface area contributed by atoms with Crippen LogP contribution in [-0.4, -0.2) is 13.3 Å². The molecule has 0 fully saturated rings. The maximum atomic E-state index is 2.32. The molecule has 0 saturated heterocycles. The predicted octanol–water partition coefficient (Wildman–Crippen LogP) is 4.26. The van der Waals surface area contributed by atoms with Gasteiger partial charge in [-0.05, 0) is 29.0 Å². The summed E-state index contributed by atoms with van der Waals surface area (Å²) in [4.78, 5) is 0. The molecule has 0 atom stereocenters. The van der Waals surface area contributed by atoms with Crippen molar-refractivity contribution in [2.45, 2.75) is 39.5 Å². The lowest BCUT2D eigenvalue weighted by Crippen LogP contribution is -2.17. The zero-order valence-corrected chi connectivity index (χ0v) is 12.1. The van der Waals surface area contributed by atoms with Crippen molar-refractivity contribution in [2.24, 2.45) is 0 Å². The molecule has 90 valence electrons. The summed E-state index contributed by atoms with van der Waals surface area (Å²) in [5.41, 5.74) is 4.37. The Morgan fingerprint density at radius 3 is 2.31 bits per heavy atom. The van der Waals surface area contributed by atoms with Gasteiger partial charge in [0, 0.05) is 13.3 Å². The van der Waals surface area contributed by atoms with Gasteiger partial charge in [-0.15, -0.1) is 0 Å². The number of anilines is 1. The smallest absolute Gasteiger partial charge is 0.0506 e. The van der Waals surface area contributed by atoms with Crippen molar-refractivity contribution in [3.05, 3.63) is 29.3 Å². The lowest BCUT2D eigenvalue weighted by Gasteiger charge is -2.28. The minimum Gasteiger partial charge on any atom is -0.319 e. The number of aryl methyl sites for hydroxylation is 1. The third-order valence-corrected chi connectivity index (χ3v) is 3.64. The highest BCUT2D eigenvalue weighted by Crippen LogP contribution is 2.34. The molecule has 0 unspecified atom stereocenters. The van der Waals surface area contributed by atoms with Crippen LogP contribution in [0.1, 0.15) is 38.8 Å². The van der Waals surface area contributed by atoms with Gasteiger partial charge < -0.3 is 4.31 Å². The van der Waals surface area contributed by atoms with Gasteiger partial charge in [0.1, 0.15) is 0 Å². The van der Waals surface area contributed by atoms with E-state index < -0.39 is 0 Å². The molecular weight excluding hydrogens is 214 g/mol. The first-order valence-electron chi connectivity index (χ1n) is 5.81. The van der Waals surface area contributed by atoms with Gasteiger partial charge in [0.25, 0.3) is 0 Å². The number of nitrogens with zero attached hydrogens (tertiary/aromatic N) is 1. The van der Waals surface area contributed by atoms with Crippen LogP contribution in [0.15, 0.2) is 18.2 Å². The van der Waals surface area contributed by atoms with Gasteiger partial charge >= 0.3 is 0 Å². The first kappa shape index (κ1) is 13.4. The summed E-state index contributed by atoms with van der Waals surface area (Å²) in [6.45, 7) is 9.01. The van der Waals surface area contributed by atoms with Gasteiger partial charge in [0.2, 0.25) is 0 Å². The van der Waals surface area contributed by atoms with Crippen molar-refractivity contribution in [1.29, 1.82) is 0 Å². The minimum absolute atomic E-state index is 0.200. The van der Waals surface area contributed by atoms with Gasteiger partial charge in [-0.3, -0.25) is 0 Å². The quantitative estimate of drug-likeness (QED) is 0.723. The van der Waals surface area contributed by atoms with Gasteiger partial charge in [0.15, 0.2) is 0 Å². The van der Waals surface area contributed by atoms with E-state index in [0.29, 0.717) is 0 Å². The first-order chi connectivity index (χ1) is 7.40. The maximum Gasteiger partial charge on any atom is 0.0506 e. The zero-order chi connectivity index (χ0) is 12.3. The molecule has 0 saturated carbocycles. The molecule has 0 aromatic heterocycles. The number of benzene rings is 1. The third-order valence-electron chi connectivity index (χ3n) is 2.89. The van der Waals surface area contributed by atoms with E-state index in [4.69, 9.17) is 0 Å². The molecule has 0 radical (unpaired) electrons. The molecule has 0 aliphatic rings. The van der Waals surface area contributed by atoms with E-state index >= 15 is 0 Å². The fourth-order valence-corrected chi connectivity index (χ4v) is 2.14. The average molecular weight is 237 g/mol. The molecular formula is C14H23NS. The van der Waals surface area contributed by atoms with Crippen LogP contribution in [-0.2, 0) is 11.8 Å². The Morgan fingerprint density at radius 1 is 1.25 bits per heavy atom. The SMILES string of the molecule is CCc1ccc(C(C)(C)C)c(N(C)SC)c1. The molecule has 0 heterocycles. The summed E-state index contributed by atoms with van der Waals surface area (Å²) < 4.78 is 2.25. The van der Waals surface area contributed by atoms with E-state index in [-0.39, 0.29) is 5.41 Å². The first-order valence-corrected chi connectivity index (χ1v) is 6.99.